The number of carbonyl (C=O) groups excluding carboxylic acids is 1. The van der Waals surface area contributed by atoms with Gasteiger partial charge in [0.2, 0.25) is 5.91 Å². The zero-order valence-corrected chi connectivity index (χ0v) is 11.6. The third-order valence-corrected chi connectivity index (χ3v) is 3.39. The van der Waals surface area contributed by atoms with Crippen molar-refractivity contribution in [3.8, 4) is 0 Å². The summed E-state index contributed by atoms with van der Waals surface area (Å²) in [6.45, 7) is 3.96. The molecule has 3 N–H and O–H groups in total. The molecule has 0 aliphatic rings. The first kappa shape index (κ1) is 15.5. The Morgan fingerprint density at radius 3 is 2.63 bits per heavy atom. The van der Waals surface area contributed by atoms with Gasteiger partial charge < -0.3 is 5.73 Å². The third kappa shape index (κ3) is 4.88. The second-order valence-corrected chi connectivity index (χ2v) is 5.41. The highest BCUT2D eigenvalue weighted by atomic mass is 32.2. The van der Waals surface area contributed by atoms with Crippen LogP contribution in [0.25, 0.3) is 0 Å². The van der Waals surface area contributed by atoms with E-state index in [0.29, 0.717) is 17.2 Å². The van der Waals surface area contributed by atoms with Gasteiger partial charge in [0, 0.05) is 6.07 Å². The largest absolute Gasteiger partial charge is 0.368 e. The van der Waals surface area contributed by atoms with Gasteiger partial charge in [0.05, 0.1) is 11.0 Å². The molecule has 0 aliphatic heterocycles. The maximum atomic E-state index is 11.3. The number of amides is 1. The summed E-state index contributed by atoms with van der Waals surface area (Å²) in [5.74, 6) is -0.156. The molecule has 1 aromatic carbocycles. The number of hydrogen-bond donors (Lipinski definition) is 2. The van der Waals surface area contributed by atoms with Crippen LogP contribution in [-0.2, 0) is 4.79 Å². The Morgan fingerprint density at radius 2 is 2.11 bits per heavy atom. The van der Waals surface area contributed by atoms with Crippen LogP contribution < -0.4 is 10.5 Å². The van der Waals surface area contributed by atoms with Crippen LogP contribution in [0.2, 0.25) is 0 Å². The number of carbonyl (C=O) groups is 1. The second kappa shape index (κ2) is 7.10. The van der Waals surface area contributed by atoms with Crippen molar-refractivity contribution >= 4 is 23.5 Å². The first-order valence-corrected chi connectivity index (χ1v) is 6.68. The van der Waals surface area contributed by atoms with Crippen molar-refractivity contribution in [3.63, 3.8) is 0 Å². The van der Waals surface area contributed by atoms with Gasteiger partial charge in [-0.3, -0.25) is 14.9 Å². The Bertz CT molecular complexity index is 465. The van der Waals surface area contributed by atoms with Crippen molar-refractivity contribution in [3.05, 3.63) is 34.4 Å². The molecular weight excluding hydrogens is 266 g/mol. The SMILES string of the molecule is CC(C)CC(NSc1ccccc1[N+](=O)[O-])C(N)=O. The van der Waals surface area contributed by atoms with E-state index in [1.54, 1.807) is 18.2 Å². The molecule has 0 saturated carbocycles. The number of nitro benzene ring substituents is 1. The second-order valence-electron chi connectivity index (χ2n) is 4.53. The number of nitrogens with one attached hydrogen (secondary N) is 1. The van der Waals surface area contributed by atoms with Gasteiger partial charge in [0.25, 0.3) is 5.69 Å². The van der Waals surface area contributed by atoms with Gasteiger partial charge in [-0.25, -0.2) is 4.72 Å². The molecule has 0 saturated heterocycles. The molecule has 104 valence electrons. The molecule has 1 rings (SSSR count). The molecule has 0 heterocycles. The molecule has 1 unspecified atom stereocenters. The summed E-state index contributed by atoms with van der Waals surface area (Å²) in [4.78, 5) is 22.1. The van der Waals surface area contributed by atoms with E-state index in [-0.39, 0.29) is 5.69 Å². The normalized spacial score (nSPS) is 12.4. The van der Waals surface area contributed by atoms with E-state index < -0.39 is 16.9 Å². The number of hydrogen-bond acceptors (Lipinski definition) is 5. The number of nitro groups is 1. The molecule has 0 aliphatic carbocycles. The summed E-state index contributed by atoms with van der Waals surface area (Å²) in [5.41, 5.74) is 5.31. The molecule has 1 atom stereocenters. The van der Waals surface area contributed by atoms with E-state index in [1.807, 2.05) is 13.8 Å². The van der Waals surface area contributed by atoms with Crippen molar-refractivity contribution < 1.29 is 9.72 Å². The lowest BCUT2D eigenvalue weighted by Gasteiger charge is -2.16. The molecule has 0 radical (unpaired) electrons. The number of nitrogens with zero attached hydrogens (tertiary/aromatic N) is 1. The van der Waals surface area contributed by atoms with E-state index in [4.69, 9.17) is 5.73 Å². The predicted molar refractivity (Wildman–Crippen MR) is 74.5 cm³/mol. The summed E-state index contributed by atoms with van der Waals surface area (Å²) in [6, 6.07) is 5.85. The Morgan fingerprint density at radius 1 is 1.47 bits per heavy atom. The molecule has 0 spiro atoms. The summed E-state index contributed by atoms with van der Waals surface area (Å²) in [5, 5.41) is 10.9. The number of para-hydroxylation sites is 1. The fraction of sp³-hybridized carbons (Fsp3) is 0.417. The number of benzene rings is 1. The van der Waals surface area contributed by atoms with E-state index in [9.17, 15) is 14.9 Å². The fourth-order valence-electron chi connectivity index (χ4n) is 1.52. The molecule has 19 heavy (non-hydrogen) atoms. The molecule has 0 aromatic heterocycles. The van der Waals surface area contributed by atoms with Gasteiger partial charge in [-0.05, 0) is 30.4 Å². The average Bonchev–Trinajstić information content (AvgIpc) is 2.34. The minimum Gasteiger partial charge on any atom is -0.368 e. The molecule has 7 heteroatoms. The Kier molecular flexibility index (Phi) is 5.78. The van der Waals surface area contributed by atoms with Crippen molar-refractivity contribution in [2.24, 2.45) is 11.7 Å². The molecule has 1 aromatic rings. The van der Waals surface area contributed by atoms with Crippen LogP contribution in [0.5, 0.6) is 0 Å². The number of rotatable bonds is 7. The topological polar surface area (TPSA) is 98.3 Å². The Labute approximate surface area is 116 Å². The first-order chi connectivity index (χ1) is 8.91. The van der Waals surface area contributed by atoms with Gasteiger partial charge in [0.15, 0.2) is 0 Å². The molecule has 6 nitrogen and oxygen atoms in total. The molecule has 1 amide bonds. The summed E-state index contributed by atoms with van der Waals surface area (Å²) >= 11 is 1.06. The number of primary amides is 1. The van der Waals surface area contributed by atoms with Crippen molar-refractivity contribution in [2.75, 3.05) is 0 Å². The van der Waals surface area contributed by atoms with Gasteiger partial charge in [0.1, 0.15) is 4.90 Å². The molecular formula is C12H17N3O3S. The van der Waals surface area contributed by atoms with Crippen LogP contribution in [0.4, 0.5) is 5.69 Å². The smallest absolute Gasteiger partial charge is 0.284 e. The lowest BCUT2D eigenvalue weighted by atomic mass is 10.0. The average molecular weight is 283 g/mol. The lowest BCUT2D eigenvalue weighted by molar-refractivity contribution is -0.387. The highest BCUT2D eigenvalue weighted by Crippen LogP contribution is 2.27. The van der Waals surface area contributed by atoms with Gasteiger partial charge in [-0.15, -0.1) is 0 Å². The minimum atomic E-state index is -0.509. The molecule has 0 bridgehead atoms. The van der Waals surface area contributed by atoms with E-state index in [2.05, 4.69) is 4.72 Å². The number of nitrogens with two attached hydrogens (primary N) is 1. The maximum absolute atomic E-state index is 11.3. The van der Waals surface area contributed by atoms with E-state index >= 15 is 0 Å². The van der Waals surface area contributed by atoms with Gasteiger partial charge in [-0.2, -0.15) is 0 Å². The van der Waals surface area contributed by atoms with E-state index in [0.717, 1.165) is 11.9 Å². The molecule has 0 fully saturated rings. The van der Waals surface area contributed by atoms with Crippen molar-refractivity contribution in [2.45, 2.75) is 31.2 Å². The van der Waals surface area contributed by atoms with Crippen LogP contribution >= 0.6 is 11.9 Å². The minimum absolute atomic E-state index is 0.00719. The standard InChI is InChI=1S/C12H17N3O3S/c1-8(2)7-9(12(13)16)14-19-11-6-4-3-5-10(11)15(17)18/h3-6,8-9,14H,7H2,1-2H3,(H2,13,16). The van der Waals surface area contributed by atoms with Crippen molar-refractivity contribution in [1.29, 1.82) is 0 Å². The van der Waals surface area contributed by atoms with Crippen LogP contribution in [0, 0.1) is 16.0 Å². The van der Waals surface area contributed by atoms with Crippen molar-refractivity contribution in [1.82, 2.24) is 4.72 Å². The fourth-order valence-corrected chi connectivity index (χ4v) is 2.40. The van der Waals surface area contributed by atoms with E-state index in [1.165, 1.54) is 6.07 Å². The monoisotopic (exact) mass is 283 g/mol. The third-order valence-electron chi connectivity index (χ3n) is 2.42. The maximum Gasteiger partial charge on any atom is 0.284 e. The highest BCUT2D eigenvalue weighted by molar-refractivity contribution is 7.97. The summed E-state index contributed by atoms with van der Waals surface area (Å²) < 4.78 is 2.90. The van der Waals surface area contributed by atoms with Gasteiger partial charge >= 0.3 is 0 Å². The zero-order chi connectivity index (χ0) is 14.4. The first-order valence-electron chi connectivity index (χ1n) is 5.87. The zero-order valence-electron chi connectivity index (χ0n) is 10.8. The highest BCUT2D eigenvalue weighted by Gasteiger charge is 2.19. The lowest BCUT2D eigenvalue weighted by Crippen LogP contribution is -2.38. The van der Waals surface area contributed by atoms with Crippen LogP contribution in [-0.4, -0.2) is 16.9 Å². The van der Waals surface area contributed by atoms with Gasteiger partial charge in [-0.1, -0.05) is 26.0 Å². The quantitative estimate of drug-likeness (QED) is 0.453. The van der Waals surface area contributed by atoms with Crippen LogP contribution in [0.1, 0.15) is 20.3 Å². The summed E-state index contributed by atoms with van der Waals surface area (Å²) in [7, 11) is 0. The Hall–Kier alpha value is -1.60. The van der Waals surface area contributed by atoms with Crippen LogP contribution in [0.3, 0.4) is 0 Å². The Balaban J connectivity index is 2.74. The summed E-state index contributed by atoms with van der Waals surface area (Å²) in [6.07, 6.45) is 0.586. The predicted octanol–water partition coefficient (Wildman–Crippen LogP) is 2.09. The van der Waals surface area contributed by atoms with Crippen LogP contribution in [0.15, 0.2) is 29.2 Å².